The Labute approximate surface area is 177 Å². The summed E-state index contributed by atoms with van der Waals surface area (Å²) >= 11 is 0. The SMILES string of the molecule is C=CCCNC(=O)c1c(N)nn2ccc(N3CCCC3/C(=C/C=C\C)C(=C)C)nc12. The van der Waals surface area contributed by atoms with Gasteiger partial charge in [-0.05, 0) is 44.7 Å². The fourth-order valence-electron chi connectivity index (χ4n) is 3.79. The van der Waals surface area contributed by atoms with Crippen LogP contribution < -0.4 is 16.0 Å². The molecule has 1 aliphatic heterocycles. The summed E-state index contributed by atoms with van der Waals surface area (Å²) in [4.78, 5) is 19.7. The second-order valence-corrected chi connectivity index (χ2v) is 7.43. The van der Waals surface area contributed by atoms with Gasteiger partial charge in [0.05, 0.1) is 6.04 Å². The van der Waals surface area contributed by atoms with Crippen LogP contribution in [0.1, 0.15) is 43.5 Å². The quantitative estimate of drug-likeness (QED) is 0.397. The van der Waals surface area contributed by atoms with Crippen LogP contribution >= 0.6 is 0 Å². The van der Waals surface area contributed by atoms with Crippen molar-refractivity contribution in [3.63, 3.8) is 0 Å². The zero-order chi connectivity index (χ0) is 21.7. The molecule has 1 amide bonds. The minimum Gasteiger partial charge on any atom is -0.381 e. The van der Waals surface area contributed by atoms with Gasteiger partial charge >= 0.3 is 0 Å². The topological polar surface area (TPSA) is 88.5 Å². The first kappa shape index (κ1) is 21.4. The molecule has 0 saturated carbocycles. The van der Waals surface area contributed by atoms with Crippen LogP contribution in [0.5, 0.6) is 0 Å². The van der Waals surface area contributed by atoms with Gasteiger partial charge in [0.25, 0.3) is 5.91 Å². The van der Waals surface area contributed by atoms with Crippen molar-refractivity contribution in [2.24, 2.45) is 0 Å². The molecule has 1 atom stereocenters. The number of anilines is 2. The number of hydrogen-bond acceptors (Lipinski definition) is 5. The number of hydrogen-bond donors (Lipinski definition) is 2. The molecule has 0 aromatic carbocycles. The van der Waals surface area contributed by atoms with Crippen molar-refractivity contribution < 1.29 is 4.79 Å². The van der Waals surface area contributed by atoms with Crippen molar-refractivity contribution in [3.8, 4) is 0 Å². The fourth-order valence-corrected chi connectivity index (χ4v) is 3.79. The minimum atomic E-state index is -0.275. The average molecular weight is 407 g/mol. The molecule has 0 bridgehead atoms. The van der Waals surface area contributed by atoms with Gasteiger partial charge in [0, 0.05) is 19.3 Å². The lowest BCUT2D eigenvalue weighted by Gasteiger charge is -2.28. The van der Waals surface area contributed by atoms with Gasteiger partial charge in [-0.2, -0.15) is 0 Å². The van der Waals surface area contributed by atoms with Crippen LogP contribution in [0.4, 0.5) is 11.6 Å². The maximum absolute atomic E-state index is 12.7. The first-order valence-corrected chi connectivity index (χ1v) is 10.3. The molecule has 0 spiro atoms. The van der Waals surface area contributed by atoms with Crippen LogP contribution in [0, 0.1) is 0 Å². The van der Waals surface area contributed by atoms with E-state index >= 15 is 0 Å². The lowest BCUT2D eigenvalue weighted by molar-refractivity contribution is 0.0956. The zero-order valence-electron chi connectivity index (χ0n) is 17.8. The second-order valence-electron chi connectivity index (χ2n) is 7.43. The molecule has 2 aromatic rings. The Morgan fingerprint density at radius 1 is 1.47 bits per heavy atom. The number of carbonyl (C=O) groups is 1. The third-order valence-corrected chi connectivity index (χ3v) is 5.23. The highest BCUT2D eigenvalue weighted by atomic mass is 16.1. The highest BCUT2D eigenvalue weighted by Crippen LogP contribution is 2.32. The molecule has 1 saturated heterocycles. The third kappa shape index (κ3) is 4.30. The summed E-state index contributed by atoms with van der Waals surface area (Å²) in [5.41, 5.74) is 9.04. The standard InChI is InChI=1S/C23H30N6O/c1-5-7-10-17(16(3)4)18-11-9-14-28(18)19-12-15-29-22(26-19)20(21(24)27-29)23(30)25-13-8-6-2/h5-7,10,12,15,18H,2-3,8-9,11,13-14H2,1,4H3,(H2,24,27)(H,25,30)/b7-5-,17-10+. The van der Waals surface area contributed by atoms with Crippen molar-refractivity contribution in [1.29, 1.82) is 0 Å². The number of amides is 1. The van der Waals surface area contributed by atoms with Crippen LogP contribution in [-0.4, -0.2) is 39.6 Å². The molecule has 158 valence electrons. The summed E-state index contributed by atoms with van der Waals surface area (Å²) in [5, 5.41) is 7.10. The first-order chi connectivity index (χ1) is 14.5. The fraction of sp³-hybridized carbons (Fsp3) is 0.348. The first-order valence-electron chi connectivity index (χ1n) is 10.3. The molecular formula is C23H30N6O. The zero-order valence-corrected chi connectivity index (χ0v) is 17.8. The van der Waals surface area contributed by atoms with Gasteiger partial charge in [-0.3, -0.25) is 4.79 Å². The average Bonchev–Trinajstić information content (AvgIpc) is 3.31. The number of allylic oxidation sites excluding steroid dienone is 3. The Hall–Kier alpha value is -3.35. The van der Waals surface area contributed by atoms with Crippen LogP contribution in [0.25, 0.3) is 5.65 Å². The van der Waals surface area contributed by atoms with Crippen LogP contribution in [0.3, 0.4) is 0 Å². The number of nitrogens with zero attached hydrogens (tertiary/aromatic N) is 4. The highest BCUT2D eigenvalue weighted by molar-refractivity contribution is 6.04. The number of aromatic nitrogens is 3. The number of nitrogens with one attached hydrogen (secondary N) is 1. The van der Waals surface area contributed by atoms with Crippen LogP contribution in [-0.2, 0) is 0 Å². The Balaban J connectivity index is 1.98. The maximum Gasteiger partial charge on any atom is 0.258 e. The molecule has 3 heterocycles. The second kappa shape index (κ2) is 9.43. The highest BCUT2D eigenvalue weighted by Gasteiger charge is 2.30. The Morgan fingerprint density at radius 2 is 2.27 bits per heavy atom. The van der Waals surface area contributed by atoms with E-state index in [9.17, 15) is 4.79 Å². The van der Waals surface area contributed by atoms with E-state index in [4.69, 9.17) is 10.7 Å². The summed E-state index contributed by atoms with van der Waals surface area (Å²) < 4.78 is 1.56. The van der Waals surface area contributed by atoms with E-state index in [1.807, 2.05) is 32.1 Å². The molecule has 7 nitrogen and oxygen atoms in total. The molecule has 1 unspecified atom stereocenters. The lowest BCUT2D eigenvalue weighted by Crippen LogP contribution is -2.32. The molecule has 1 aliphatic rings. The minimum absolute atomic E-state index is 0.171. The number of carbonyl (C=O) groups excluding carboxylic acids is 1. The number of fused-ring (bicyclic) bond motifs is 1. The smallest absolute Gasteiger partial charge is 0.258 e. The molecule has 3 rings (SSSR count). The predicted octanol–water partition coefficient (Wildman–Crippen LogP) is 3.66. The van der Waals surface area contributed by atoms with Gasteiger partial charge in [-0.25, -0.2) is 9.50 Å². The normalized spacial score (nSPS) is 17.1. The third-order valence-electron chi connectivity index (χ3n) is 5.23. The van der Waals surface area contributed by atoms with Crippen molar-refractivity contribution in [2.45, 2.75) is 39.2 Å². The molecular weight excluding hydrogens is 376 g/mol. The predicted molar refractivity (Wildman–Crippen MR) is 123 cm³/mol. The van der Waals surface area contributed by atoms with E-state index in [1.165, 1.54) is 5.57 Å². The van der Waals surface area contributed by atoms with Crippen molar-refractivity contribution in [1.82, 2.24) is 19.9 Å². The monoisotopic (exact) mass is 406 g/mol. The van der Waals surface area contributed by atoms with Gasteiger partial charge in [-0.15, -0.1) is 11.7 Å². The molecule has 2 aromatic heterocycles. The summed E-state index contributed by atoms with van der Waals surface area (Å²) in [5.74, 6) is 0.699. The summed E-state index contributed by atoms with van der Waals surface area (Å²) in [7, 11) is 0. The van der Waals surface area contributed by atoms with Gasteiger partial charge in [0.15, 0.2) is 11.5 Å². The van der Waals surface area contributed by atoms with Crippen LogP contribution in [0.2, 0.25) is 0 Å². The van der Waals surface area contributed by atoms with Crippen molar-refractivity contribution >= 4 is 23.2 Å². The molecule has 0 aliphatic carbocycles. The Morgan fingerprint density at radius 3 is 2.97 bits per heavy atom. The molecule has 7 heteroatoms. The van der Waals surface area contributed by atoms with Gasteiger partial charge in [0.1, 0.15) is 11.4 Å². The Bertz CT molecular complexity index is 1020. The summed E-state index contributed by atoms with van der Waals surface area (Å²) in [6.07, 6.45) is 12.5. The van der Waals surface area contributed by atoms with Gasteiger partial charge in [-0.1, -0.05) is 36.5 Å². The Kier molecular flexibility index (Phi) is 6.72. The van der Waals surface area contributed by atoms with E-state index in [0.717, 1.165) is 30.8 Å². The van der Waals surface area contributed by atoms with E-state index < -0.39 is 0 Å². The summed E-state index contributed by atoms with van der Waals surface area (Å²) in [6.45, 7) is 13.2. The maximum atomic E-state index is 12.7. The number of rotatable bonds is 8. The summed E-state index contributed by atoms with van der Waals surface area (Å²) in [6, 6.07) is 2.11. The molecule has 3 N–H and O–H groups in total. The van der Waals surface area contributed by atoms with Crippen molar-refractivity contribution in [2.75, 3.05) is 23.7 Å². The van der Waals surface area contributed by atoms with Crippen LogP contribution in [0.15, 0.2) is 60.9 Å². The lowest BCUT2D eigenvalue weighted by atomic mass is 9.98. The van der Waals surface area contributed by atoms with E-state index in [1.54, 1.807) is 16.8 Å². The number of nitrogen functional groups attached to an aromatic ring is 1. The van der Waals surface area contributed by atoms with Crippen molar-refractivity contribution in [3.05, 3.63) is 66.4 Å². The largest absolute Gasteiger partial charge is 0.381 e. The van der Waals surface area contributed by atoms with Gasteiger partial charge in [0.2, 0.25) is 0 Å². The molecule has 30 heavy (non-hydrogen) atoms. The van der Waals surface area contributed by atoms with E-state index in [0.29, 0.717) is 24.2 Å². The number of nitrogens with two attached hydrogens (primary N) is 1. The van der Waals surface area contributed by atoms with E-state index in [2.05, 4.69) is 34.5 Å². The van der Waals surface area contributed by atoms with Gasteiger partial charge < -0.3 is 16.0 Å². The molecule has 1 fully saturated rings. The molecule has 0 radical (unpaired) electrons. The van der Waals surface area contributed by atoms with E-state index in [-0.39, 0.29) is 17.8 Å².